The standard InChI is InChI=1S/C16H29BrN4/c1-4-11-6-8-12(9-7-11)14(19-18)10-15-16(17)13(5-2)20-21(15)3/h11-12,14,19H,4-10,18H2,1-3H3. The predicted octanol–water partition coefficient (Wildman–Crippen LogP) is 3.34. The topological polar surface area (TPSA) is 55.9 Å². The quantitative estimate of drug-likeness (QED) is 0.607. The first-order chi connectivity index (χ1) is 10.1. The highest BCUT2D eigenvalue weighted by Gasteiger charge is 2.28. The van der Waals surface area contributed by atoms with E-state index < -0.39 is 0 Å². The third-order valence-corrected chi connectivity index (χ3v) is 6.08. The number of rotatable bonds is 6. The lowest BCUT2D eigenvalue weighted by molar-refractivity contribution is 0.215. The molecule has 0 saturated heterocycles. The number of aromatic nitrogens is 2. The molecule has 0 bridgehead atoms. The molecule has 1 aliphatic rings. The Morgan fingerprint density at radius 2 is 2.00 bits per heavy atom. The number of nitrogens with zero attached hydrogens (tertiary/aromatic N) is 2. The summed E-state index contributed by atoms with van der Waals surface area (Å²) in [4.78, 5) is 0. The summed E-state index contributed by atoms with van der Waals surface area (Å²) in [6.45, 7) is 4.45. The molecule has 1 unspecified atom stereocenters. The fourth-order valence-electron chi connectivity index (χ4n) is 3.61. The molecular formula is C16H29BrN4. The van der Waals surface area contributed by atoms with Crippen molar-refractivity contribution in [1.82, 2.24) is 15.2 Å². The average molecular weight is 357 g/mol. The Morgan fingerprint density at radius 3 is 2.48 bits per heavy atom. The van der Waals surface area contributed by atoms with Gasteiger partial charge in [0.15, 0.2) is 0 Å². The molecule has 0 spiro atoms. The highest BCUT2D eigenvalue weighted by atomic mass is 79.9. The minimum Gasteiger partial charge on any atom is -0.271 e. The summed E-state index contributed by atoms with van der Waals surface area (Å²) in [6.07, 6.45) is 8.52. The Kier molecular flexibility index (Phi) is 6.26. The van der Waals surface area contributed by atoms with Crippen LogP contribution in [0.1, 0.15) is 57.3 Å². The van der Waals surface area contributed by atoms with Gasteiger partial charge in [-0.05, 0) is 47.0 Å². The van der Waals surface area contributed by atoms with Gasteiger partial charge in [0.1, 0.15) is 0 Å². The number of nitrogens with one attached hydrogen (secondary N) is 1. The van der Waals surface area contributed by atoms with E-state index in [1.54, 1.807) is 0 Å². The number of halogens is 1. The smallest absolute Gasteiger partial charge is 0.0766 e. The van der Waals surface area contributed by atoms with Crippen LogP contribution in [0.3, 0.4) is 0 Å². The van der Waals surface area contributed by atoms with Gasteiger partial charge in [0, 0.05) is 19.5 Å². The van der Waals surface area contributed by atoms with Gasteiger partial charge in [-0.15, -0.1) is 0 Å². The van der Waals surface area contributed by atoms with Crippen LogP contribution in [0.25, 0.3) is 0 Å². The molecule has 0 radical (unpaired) electrons. The van der Waals surface area contributed by atoms with Gasteiger partial charge in [-0.1, -0.05) is 33.1 Å². The summed E-state index contributed by atoms with van der Waals surface area (Å²) in [6, 6.07) is 0.346. The lowest BCUT2D eigenvalue weighted by Crippen LogP contribution is -2.44. The summed E-state index contributed by atoms with van der Waals surface area (Å²) in [5, 5.41) is 4.59. The van der Waals surface area contributed by atoms with Crippen molar-refractivity contribution >= 4 is 15.9 Å². The molecule has 0 aliphatic heterocycles. The molecule has 1 saturated carbocycles. The molecule has 1 aromatic heterocycles. The molecule has 21 heavy (non-hydrogen) atoms. The fraction of sp³-hybridized carbons (Fsp3) is 0.812. The van der Waals surface area contributed by atoms with Gasteiger partial charge in [0.25, 0.3) is 0 Å². The third-order valence-electron chi connectivity index (χ3n) is 5.17. The maximum Gasteiger partial charge on any atom is 0.0766 e. The van der Waals surface area contributed by atoms with Gasteiger partial charge < -0.3 is 0 Å². The minimum absolute atomic E-state index is 0.346. The SMILES string of the molecule is CCc1nn(C)c(CC(NN)C2CCC(CC)CC2)c1Br. The van der Waals surface area contributed by atoms with E-state index in [-0.39, 0.29) is 0 Å². The maximum atomic E-state index is 5.86. The highest BCUT2D eigenvalue weighted by Crippen LogP contribution is 2.34. The Labute approximate surface area is 137 Å². The molecule has 2 rings (SSSR count). The van der Waals surface area contributed by atoms with E-state index >= 15 is 0 Å². The zero-order valence-electron chi connectivity index (χ0n) is 13.5. The molecule has 1 atom stereocenters. The number of hydrogen-bond donors (Lipinski definition) is 2. The van der Waals surface area contributed by atoms with Crippen LogP contribution in [0.5, 0.6) is 0 Å². The van der Waals surface area contributed by atoms with Crippen LogP contribution >= 0.6 is 15.9 Å². The first-order valence-electron chi connectivity index (χ1n) is 8.26. The largest absolute Gasteiger partial charge is 0.271 e. The van der Waals surface area contributed by atoms with Crippen LogP contribution in [0, 0.1) is 11.8 Å². The van der Waals surface area contributed by atoms with E-state index in [0.29, 0.717) is 12.0 Å². The van der Waals surface area contributed by atoms with Crippen molar-refractivity contribution in [3.8, 4) is 0 Å². The second kappa shape index (κ2) is 7.75. The van der Waals surface area contributed by atoms with Crippen LogP contribution in [0.2, 0.25) is 0 Å². The lowest BCUT2D eigenvalue weighted by Gasteiger charge is -2.33. The average Bonchev–Trinajstić information content (AvgIpc) is 2.79. The first-order valence-corrected chi connectivity index (χ1v) is 9.06. The zero-order valence-corrected chi connectivity index (χ0v) is 15.1. The van der Waals surface area contributed by atoms with Crippen molar-refractivity contribution in [1.29, 1.82) is 0 Å². The van der Waals surface area contributed by atoms with Gasteiger partial charge in [-0.2, -0.15) is 5.10 Å². The van der Waals surface area contributed by atoms with Crippen molar-refractivity contribution in [2.24, 2.45) is 24.7 Å². The molecule has 1 heterocycles. The summed E-state index contributed by atoms with van der Waals surface area (Å²) in [5.41, 5.74) is 5.47. The van der Waals surface area contributed by atoms with Crippen molar-refractivity contribution in [2.75, 3.05) is 0 Å². The number of hydrogen-bond acceptors (Lipinski definition) is 3. The summed E-state index contributed by atoms with van der Waals surface area (Å²) in [7, 11) is 2.03. The van der Waals surface area contributed by atoms with Crippen molar-refractivity contribution in [3.05, 3.63) is 15.9 Å². The lowest BCUT2D eigenvalue weighted by atomic mass is 9.77. The van der Waals surface area contributed by atoms with E-state index in [0.717, 1.165) is 28.9 Å². The van der Waals surface area contributed by atoms with Gasteiger partial charge >= 0.3 is 0 Å². The molecular weight excluding hydrogens is 328 g/mol. The number of nitrogens with two attached hydrogens (primary N) is 1. The normalized spacial score (nSPS) is 24.2. The van der Waals surface area contributed by atoms with Crippen LogP contribution in [-0.4, -0.2) is 15.8 Å². The third kappa shape index (κ3) is 3.88. The molecule has 3 N–H and O–H groups in total. The second-order valence-corrected chi connectivity index (χ2v) is 7.14. The van der Waals surface area contributed by atoms with Crippen LogP contribution < -0.4 is 11.3 Å². The van der Waals surface area contributed by atoms with Crippen molar-refractivity contribution in [3.63, 3.8) is 0 Å². The van der Waals surface area contributed by atoms with Gasteiger partial charge in [0.2, 0.25) is 0 Å². The van der Waals surface area contributed by atoms with E-state index in [1.165, 1.54) is 37.8 Å². The van der Waals surface area contributed by atoms with Crippen LogP contribution in [0.15, 0.2) is 4.47 Å². The van der Waals surface area contributed by atoms with Crippen LogP contribution in [0.4, 0.5) is 0 Å². The molecule has 0 amide bonds. The molecule has 1 aliphatic carbocycles. The highest BCUT2D eigenvalue weighted by molar-refractivity contribution is 9.10. The predicted molar refractivity (Wildman–Crippen MR) is 90.8 cm³/mol. The maximum absolute atomic E-state index is 5.86. The molecule has 1 aromatic rings. The first kappa shape index (κ1) is 17.0. The van der Waals surface area contributed by atoms with Crippen molar-refractivity contribution in [2.45, 2.75) is 64.8 Å². The van der Waals surface area contributed by atoms with Crippen molar-refractivity contribution < 1.29 is 0 Å². The second-order valence-electron chi connectivity index (χ2n) is 6.35. The summed E-state index contributed by atoms with van der Waals surface area (Å²) < 4.78 is 3.17. The summed E-state index contributed by atoms with van der Waals surface area (Å²) in [5.74, 6) is 7.47. The Hall–Kier alpha value is -0.390. The Morgan fingerprint density at radius 1 is 1.33 bits per heavy atom. The summed E-state index contributed by atoms with van der Waals surface area (Å²) >= 11 is 3.71. The van der Waals surface area contributed by atoms with E-state index in [2.05, 4.69) is 40.3 Å². The molecule has 5 heteroatoms. The van der Waals surface area contributed by atoms with Gasteiger partial charge in [0.05, 0.1) is 15.9 Å². The molecule has 0 aromatic carbocycles. The fourth-order valence-corrected chi connectivity index (χ4v) is 4.39. The van der Waals surface area contributed by atoms with E-state index in [1.807, 2.05) is 11.7 Å². The Bertz CT molecular complexity index is 449. The minimum atomic E-state index is 0.346. The monoisotopic (exact) mass is 356 g/mol. The molecule has 1 fully saturated rings. The van der Waals surface area contributed by atoms with E-state index in [9.17, 15) is 0 Å². The Balaban J connectivity index is 2.04. The number of aryl methyl sites for hydroxylation is 2. The number of hydrazine groups is 1. The van der Waals surface area contributed by atoms with Gasteiger partial charge in [-0.25, -0.2) is 0 Å². The van der Waals surface area contributed by atoms with Gasteiger partial charge in [-0.3, -0.25) is 16.0 Å². The van der Waals surface area contributed by atoms with E-state index in [4.69, 9.17) is 5.84 Å². The zero-order chi connectivity index (χ0) is 15.4. The molecule has 4 nitrogen and oxygen atoms in total. The molecule has 120 valence electrons. The van der Waals surface area contributed by atoms with Crippen LogP contribution in [-0.2, 0) is 19.9 Å².